The third-order valence-corrected chi connectivity index (χ3v) is 7.60. The molecular formula is C23H32BrNSi. The summed E-state index contributed by atoms with van der Waals surface area (Å²) in [6.45, 7) is 9.57. The Kier molecular flexibility index (Phi) is 6.29. The molecule has 1 aromatic heterocycles. The summed E-state index contributed by atoms with van der Waals surface area (Å²) in [5.41, 5.74) is 4.28. The van der Waals surface area contributed by atoms with Crippen LogP contribution in [-0.2, 0) is 6.42 Å². The minimum Gasteiger partial charge on any atom is -0.368 e. The van der Waals surface area contributed by atoms with E-state index in [9.17, 15) is 0 Å². The molecule has 0 N–H and O–H groups in total. The molecule has 0 unspecified atom stereocenters. The summed E-state index contributed by atoms with van der Waals surface area (Å²) >= 11 is 3.67. The van der Waals surface area contributed by atoms with Crippen LogP contribution in [0.3, 0.4) is 0 Å². The van der Waals surface area contributed by atoms with E-state index < -0.39 is 8.24 Å². The van der Waals surface area contributed by atoms with Gasteiger partial charge in [-0.2, -0.15) is 0 Å². The van der Waals surface area contributed by atoms with Crippen LogP contribution < -0.4 is 0 Å². The van der Waals surface area contributed by atoms with Crippen LogP contribution in [0.1, 0.15) is 51.0 Å². The number of halogens is 1. The summed E-state index contributed by atoms with van der Waals surface area (Å²) in [5.74, 6) is 0. The normalized spacial score (nSPS) is 12.3. The zero-order valence-corrected chi connectivity index (χ0v) is 19.3. The molecule has 0 radical (unpaired) electrons. The van der Waals surface area contributed by atoms with E-state index in [4.69, 9.17) is 0 Å². The van der Waals surface area contributed by atoms with E-state index in [1.807, 2.05) is 0 Å². The van der Waals surface area contributed by atoms with Gasteiger partial charge >= 0.3 is 0 Å². The molecule has 26 heavy (non-hydrogen) atoms. The Morgan fingerprint density at radius 3 is 2.12 bits per heavy atom. The van der Waals surface area contributed by atoms with Crippen molar-refractivity contribution in [2.45, 2.75) is 71.5 Å². The highest BCUT2D eigenvalue weighted by Crippen LogP contribution is 2.34. The van der Waals surface area contributed by atoms with Gasteiger partial charge < -0.3 is 4.23 Å². The lowest BCUT2D eigenvalue weighted by Crippen LogP contribution is -2.31. The van der Waals surface area contributed by atoms with Crippen molar-refractivity contribution in [1.82, 2.24) is 4.23 Å². The van der Waals surface area contributed by atoms with E-state index in [1.165, 1.54) is 76.8 Å². The lowest BCUT2D eigenvalue weighted by atomic mass is 10.0. The minimum atomic E-state index is -1.49. The molecule has 0 fully saturated rings. The highest BCUT2D eigenvalue weighted by atomic mass is 79.9. The van der Waals surface area contributed by atoms with Crippen molar-refractivity contribution in [3.8, 4) is 0 Å². The smallest absolute Gasteiger partial charge is 0.153 e. The quantitative estimate of drug-likeness (QED) is 0.251. The number of benzene rings is 2. The van der Waals surface area contributed by atoms with Crippen LogP contribution in [0.2, 0.25) is 19.6 Å². The number of aryl methyl sites for hydroxylation is 1. The van der Waals surface area contributed by atoms with Crippen molar-refractivity contribution in [3.63, 3.8) is 0 Å². The number of hydrogen-bond acceptors (Lipinski definition) is 0. The molecule has 0 bridgehead atoms. The molecule has 3 rings (SSSR count). The first-order valence-corrected chi connectivity index (χ1v) is 14.4. The van der Waals surface area contributed by atoms with Crippen molar-refractivity contribution < 1.29 is 0 Å². The number of rotatable bonds is 8. The summed E-state index contributed by atoms with van der Waals surface area (Å²) < 4.78 is 3.79. The van der Waals surface area contributed by atoms with E-state index in [-0.39, 0.29) is 0 Å². The van der Waals surface area contributed by atoms with Crippen molar-refractivity contribution in [1.29, 1.82) is 0 Å². The summed E-state index contributed by atoms with van der Waals surface area (Å²) in [6.07, 6.45) is 9.37. The second-order valence-corrected chi connectivity index (χ2v) is 14.2. The first kappa shape index (κ1) is 19.7. The molecule has 1 nitrogen and oxygen atoms in total. The van der Waals surface area contributed by atoms with Gasteiger partial charge in [0.05, 0.1) is 0 Å². The fraction of sp³-hybridized carbons (Fsp3) is 0.478. The maximum absolute atomic E-state index is 3.67. The first-order valence-electron chi connectivity index (χ1n) is 10.1. The number of hydrogen-bond donors (Lipinski definition) is 0. The summed E-state index contributed by atoms with van der Waals surface area (Å²) in [4.78, 5) is 0. The molecule has 140 valence electrons. The Labute approximate surface area is 168 Å². The number of nitrogens with zero attached hydrogens (tertiary/aromatic N) is 1. The maximum atomic E-state index is 3.67. The number of unbranched alkanes of at least 4 members (excludes halogenated alkanes) is 5. The SMILES string of the molecule is CCCCCCCCc1ccc2c(c1)c1cc(Br)ccc1n2[Si](C)(C)C. The largest absolute Gasteiger partial charge is 0.368 e. The molecule has 0 saturated heterocycles. The standard InChI is InChI=1S/C23H32BrNSi/c1-5-6-7-8-9-10-11-18-12-14-22-20(16-18)21-17-19(24)13-15-23(21)25(22)26(2,3)4/h12-17H,5-11H2,1-4H3. The summed E-state index contributed by atoms with van der Waals surface area (Å²) in [7, 11) is -1.49. The van der Waals surface area contributed by atoms with Gasteiger partial charge in [0.1, 0.15) is 0 Å². The third kappa shape index (κ3) is 4.25. The zero-order valence-electron chi connectivity index (χ0n) is 16.7. The fourth-order valence-electron chi connectivity index (χ4n) is 4.03. The van der Waals surface area contributed by atoms with Gasteiger partial charge in [0.25, 0.3) is 0 Å². The zero-order chi connectivity index (χ0) is 18.7. The van der Waals surface area contributed by atoms with Crippen LogP contribution in [0.15, 0.2) is 40.9 Å². The Hall–Kier alpha value is -1.06. The number of fused-ring (bicyclic) bond motifs is 3. The molecule has 0 atom stereocenters. The second kappa shape index (κ2) is 8.31. The van der Waals surface area contributed by atoms with Crippen LogP contribution >= 0.6 is 15.9 Å². The predicted molar refractivity (Wildman–Crippen MR) is 123 cm³/mol. The molecule has 3 heteroatoms. The molecule has 2 aromatic carbocycles. The van der Waals surface area contributed by atoms with Gasteiger partial charge in [-0.15, -0.1) is 0 Å². The molecule has 0 spiro atoms. The van der Waals surface area contributed by atoms with Crippen LogP contribution in [0.5, 0.6) is 0 Å². The molecule has 1 heterocycles. The third-order valence-electron chi connectivity index (χ3n) is 5.28. The summed E-state index contributed by atoms with van der Waals surface area (Å²) in [5, 5.41) is 2.81. The Bertz CT molecular complexity index is 888. The molecule has 0 saturated carbocycles. The first-order chi connectivity index (χ1) is 12.4. The van der Waals surface area contributed by atoms with E-state index in [0.717, 1.165) is 0 Å². The van der Waals surface area contributed by atoms with Gasteiger partial charge in [-0.25, -0.2) is 0 Å². The van der Waals surface area contributed by atoms with Gasteiger partial charge in [-0.3, -0.25) is 0 Å². The highest BCUT2D eigenvalue weighted by Gasteiger charge is 2.22. The van der Waals surface area contributed by atoms with Crippen molar-refractivity contribution in [3.05, 3.63) is 46.4 Å². The van der Waals surface area contributed by atoms with Crippen molar-refractivity contribution >= 4 is 46.0 Å². The van der Waals surface area contributed by atoms with E-state index in [0.29, 0.717) is 0 Å². The lowest BCUT2D eigenvalue weighted by Gasteiger charge is -2.22. The molecule has 3 aromatic rings. The monoisotopic (exact) mass is 429 g/mol. The average Bonchev–Trinajstić information content (AvgIpc) is 2.91. The molecule has 0 aliphatic heterocycles. The van der Waals surface area contributed by atoms with Crippen LogP contribution in [0, 0.1) is 0 Å². The summed E-state index contributed by atoms with van der Waals surface area (Å²) in [6, 6.07) is 13.9. The molecule has 0 amide bonds. The van der Waals surface area contributed by atoms with Gasteiger partial charge in [-0.1, -0.05) is 80.7 Å². The van der Waals surface area contributed by atoms with E-state index >= 15 is 0 Å². The Balaban J connectivity index is 1.91. The van der Waals surface area contributed by atoms with Crippen LogP contribution in [0.4, 0.5) is 0 Å². The van der Waals surface area contributed by atoms with Gasteiger partial charge in [-0.05, 0) is 48.7 Å². The van der Waals surface area contributed by atoms with Crippen molar-refractivity contribution in [2.75, 3.05) is 0 Å². The van der Waals surface area contributed by atoms with Gasteiger partial charge in [0, 0.05) is 26.3 Å². The average molecular weight is 431 g/mol. The minimum absolute atomic E-state index is 1.17. The van der Waals surface area contributed by atoms with Crippen molar-refractivity contribution in [2.24, 2.45) is 0 Å². The number of aromatic nitrogens is 1. The predicted octanol–water partition coefficient (Wildman–Crippen LogP) is 8.14. The molecule has 0 aliphatic carbocycles. The van der Waals surface area contributed by atoms with Gasteiger partial charge in [0.2, 0.25) is 0 Å². The lowest BCUT2D eigenvalue weighted by molar-refractivity contribution is 0.607. The maximum Gasteiger partial charge on any atom is 0.153 e. The second-order valence-electron chi connectivity index (χ2n) is 8.54. The Morgan fingerprint density at radius 1 is 0.808 bits per heavy atom. The molecule has 0 aliphatic rings. The Morgan fingerprint density at radius 2 is 1.42 bits per heavy atom. The van der Waals surface area contributed by atoms with Gasteiger partial charge in [0.15, 0.2) is 8.24 Å². The highest BCUT2D eigenvalue weighted by molar-refractivity contribution is 9.10. The van der Waals surface area contributed by atoms with Crippen LogP contribution in [-0.4, -0.2) is 12.5 Å². The molecular weight excluding hydrogens is 398 g/mol. The van der Waals surface area contributed by atoms with E-state index in [1.54, 1.807) is 0 Å². The fourth-order valence-corrected chi connectivity index (χ4v) is 6.23. The topological polar surface area (TPSA) is 4.93 Å². The van der Waals surface area contributed by atoms with E-state index in [2.05, 4.69) is 83.1 Å². The van der Waals surface area contributed by atoms with Crippen LogP contribution in [0.25, 0.3) is 21.8 Å².